The van der Waals surface area contributed by atoms with Gasteiger partial charge in [-0.3, -0.25) is 10.1 Å². The minimum Gasteiger partial charge on any atom is -0.407 e. The number of carbonyl (C=O) groups excluding carboxylic acids is 1. The second-order valence-corrected chi connectivity index (χ2v) is 4.99. The minimum absolute atomic E-state index is 0.109. The Morgan fingerprint density at radius 1 is 1.09 bits per heavy atom. The van der Waals surface area contributed by atoms with Gasteiger partial charge in [-0.05, 0) is 24.6 Å². The largest absolute Gasteiger partial charge is 0.407 e. The number of amides is 1. The fourth-order valence-corrected chi connectivity index (χ4v) is 2.10. The van der Waals surface area contributed by atoms with Gasteiger partial charge >= 0.3 is 6.01 Å². The Hall–Kier alpha value is -2.95. The number of nitrogens with one attached hydrogen (secondary N) is 1. The molecule has 1 aromatic heterocycles. The van der Waals surface area contributed by atoms with Crippen LogP contribution in [0.5, 0.6) is 0 Å². The van der Waals surface area contributed by atoms with E-state index in [4.69, 9.17) is 4.42 Å². The molecule has 0 aliphatic heterocycles. The SMILES string of the molecule is Cc1cccc(C(=O)Nc2nnc(Cc3ccccc3)o2)c1. The van der Waals surface area contributed by atoms with Crippen LogP contribution in [0.25, 0.3) is 0 Å². The fourth-order valence-electron chi connectivity index (χ4n) is 2.10. The summed E-state index contributed by atoms with van der Waals surface area (Å²) in [4.78, 5) is 12.1. The summed E-state index contributed by atoms with van der Waals surface area (Å²) in [6, 6.07) is 17.2. The molecule has 0 atom stereocenters. The third-order valence-electron chi connectivity index (χ3n) is 3.17. The van der Waals surface area contributed by atoms with Gasteiger partial charge in [0.1, 0.15) is 0 Å². The molecule has 0 aliphatic carbocycles. The standard InChI is InChI=1S/C17H15N3O2/c1-12-6-5-9-14(10-12)16(21)18-17-20-19-15(22-17)11-13-7-3-2-4-8-13/h2-10H,11H2,1H3,(H,18,20,21). The number of aromatic nitrogens is 2. The molecule has 0 saturated heterocycles. The van der Waals surface area contributed by atoms with Crippen molar-refractivity contribution in [3.8, 4) is 0 Å². The molecule has 5 heteroatoms. The van der Waals surface area contributed by atoms with Crippen LogP contribution in [-0.4, -0.2) is 16.1 Å². The van der Waals surface area contributed by atoms with E-state index in [0.717, 1.165) is 11.1 Å². The number of hydrogen-bond acceptors (Lipinski definition) is 4. The van der Waals surface area contributed by atoms with Gasteiger partial charge in [0.25, 0.3) is 5.91 Å². The zero-order valence-electron chi connectivity index (χ0n) is 12.1. The number of aryl methyl sites for hydroxylation is 1. The van der Waals surface area contributed by atoms with Crippen molar-refractivity contribution in [1.29, 1.82) is 0 Å². The van der Waals surface area contributed by atoms with E-state index < -0.39 is 0 Å². The van der Waals surface area contributed by atoms with E-state index in [2.05, 4.69) is 15.5 Å². The first-order valence-corrected chi connectivity index (χ1v) is 6.95. The van der Waals surface area contributed by atoms with Crippen molar-refractivity contribution >= 4 is 11.9 Å². The molecule has 0 unspecified atom stereocenters. The highest BCUT2D eigenvalue weighted by Crippen LogP contribution is 2.12. The molecule has 0 fully saturated rings. The maximum absolute atomic E-state index is 12.1. The van der Waals surface area contributed by atoms with E-state index in [1.54, 1.807) is 12.1 Å². The molecule has 1 amide bonds. The summed E-state index contributed by atoms with van der Waals surface area (Å²) >= 11 is 0. The van der Waals surface area contributed by atoms with Crippen LogP contribution >= 0.6 is 0 Å². The molecule has 1 heterocycles. The predicted molar refractivity (Wildman–Crippen MR) is 82.7 cm³/mol. The summed E-state index contributed by atoms with van der Waals surface area (Å²) < 4.78 is 5.46. The molecule has 0 radical (unpaired) electrons. The van der Waals surface area contributed by atoms with Gasteiger partial charge in [-0.1, -0.05) is 53.1 Å². The van der Waals surface area contributed by atoms with Crippen LogP contribution < -0.4 is 5.32 Å². The average Bonchev–Trinajstić information content (AvgIpc) is 2.95. The lowest BCUT2D eigenvalue weighted by Gasteiger charge is -2.01. The lowest BCUT2D eigenvalue weighted by molar-refractivity contribution is 0.102. The molecular formula is C17H15N3O2. The lowest BCUT2D eigenvalue weighted by Crippen LogP contribution is -2.12. The van der Waals surface area contributed by atoms with E-state index in [9.17, 15) is 4.79 Å². The predicted octanol–water partition coefficient (Wildman–Crippen LogP) is 3.22. The smallest absolute Gasteiger partial charge is 0.322 e. The van der Waals surface area contributed by atoms with E-state index in [0.29, 0.717) is 17.9 Å². The van der Waals surface area contributed by atoms with Gasteiger partial charge in [0.15, 0.2) is 0 Å². The van der Waals surface area contributed by atoms with Crippen molar-refractivity contribution in [3.05, 3.63) is 77.2 Å². The van der Waals surface area contributed by atoms with Gasteiger partial charge < -0.3 is 4.42 Å². The Morgan fingerprint density at radius 3 is 2.68 bits per heavy atom. The summed E-state index contributed by atoms with van der Waals surface area (Å²) in [5.74, 6) is 0.198. The van der Waals surface area contributed by atoms with Crippen molar-refractivity contribution < 1.29 is 9.21 Å². The topological polar surface area (TPSA) is 68.0 Å². The molecule has 0 bridgehead atoms. The average molecular weight is 293 g/mol. The quantitative estimate of drug-likeness (QED) is 0.802. The minimum atomic E-state index is -0.265. The van der Waals surface area contributed by atoms with Crippen LogP contribution in [0.2, 0.25) is 0 Å². The van der Waals surface area contributed by atoms with Crippen LogP contribution in [0.1, 0.15) is 27.4 Å². The van der Waals surface area contributed by atoms with Gasteiger partial charge in [0, 0.05) is 5.56 Å². The number of benzene rings is 2. The number of carbonyl (C=O) groups is 1. The Kier molecular flexibility index (Phi) is 3.96. The van der Waals surface area contributed by atoms with Gasteiger partial charge in [0.05, 0.1) is 6.42 Å². The van der Waals surface area contributed by atoms with Crippen molar-refractivity contribution in [2.75, 3.05) is 5.32 Å². The molecule has 3 aromatic rings. The van der Waals surface area contributed by atoms with E-state index >= 15 is 0 Å². The molecule has 0 aliphatic rings. The van der Waals surface area contributed by atoms with Crippen molar-refractivity contribution in [3.63, 3.8) is 0 Å². The molecule has 110 valence electrons. The molecular weight excluding hydrogens is 278 g/mol. The third kappa shape index (κ3) is 3.38. The van der Waals surface area contributed by atoms with Crippen LogP contribution in [-0.2, 0) is 6.42 Å². The first kappa shape index (κ1) is 14.0. The maximum atomic E-state index is 12.1. The maximum Gasteiger partial charge on any atom is 0.322 e. The highest BCUT2D eigenvalue weighted by Gasteiger charge is 2.12. The highest BCUT2D eigenvalue weighted by atomic mass is 16.4. The zero-order chi connectivity index (χ0) is 15.4. The van der Waals surface area contributed by atoms with E-state index in [-0.39, 0.29) is 11.9 Å². The Bertz CT molecular complexity index is 781. The summed E-state index contributed by atoms with van der Waals surface area (Å²) in [6.07, 6.45) is 0.536. The summed E-state index contributed by atoms with van der Waals surface area (Å²) in [5, 5.41) is 10.4. The van der Waals surface area contributed by atoms with Gasteiger partial charge in [-0.25, -0.2) is 0 Å². The van der Waals surface area contributed by atoms with Gasteiger partial charge in [0.2, 0.25) is 5.89 Å². The Balaban J connectivity index is 1.68. The number of anilines is 1. The molecule has 22 heavy (non-hydrogen) atoms. The molecule has 0 saturated carbocycles. The van der Waals surface area contributed by atoms with Crippen molar-refractivity contribution in [2.45, 2.75) is 13.3 Å². The van der Waals surface area contributed by atoms with Crippen molar-refractivity contribution in [2.24, 2.45) is 0 Å². The zero-order valence-corrected chi connectivity index (χ0v) is 12.1. The number of hydrogen-bond donors (Lipinski definition) is 1. The van der Waals surface area contributed by atoms with Gasteiger partial charge in [-0.15, -0.1) is 5.10 Å². The number of rotatable bonds is 4. The second-order valence-electron chi connectivity index (χ2n) is 4.99. The summed E-state index contributed by atoms with van der Waals surface area (Å²) in [5.41, 5.74) is 2.65. The third-order valence-corrected chi connectivity index (χ3v) is 3.17. The summed E-state index contributed by atoms with van der Waals surface area (Å²) in [6.45, 7) is 1.93. The molecule has 0 spiro atoms. The lowest BCUT2D eigenvalue weighted by atomic mass is 10.1. The molecule has 3 rings (SSSR count). The first-order chi connectivity index (χ1) is 10.7. The van der Waals surface area contributed by atoms with Gasteiger partial charge in [-0.2, -0.15) is 0 Å². The monoisotopic (exact) mass is 293 g/mol. The second kappa shape index (κ2) is 6.22. The fraction of sp³-hybridized carbons (Fsp3) is 0.118. The first-order valence-electron chi connectivity index (χ1n) is 6.95. The van der Waals surface area contributed by atoms with E-state index in [1.807, 2.05) is 49.4 Å². The Morgan fingerprint density at radius 2 is 1.91 bits per heavy atom. The number of nitrogens with zero attached hydrogens (tertiary/aromatic N) is 2. The normalized spacial score (nSPS) is 10.4. The summed E-state index contributed by atoms with van der Waals surface area (Å²) in [7, 11) is 0. The van der Waals surface area contributed by atoms with Crippen LogP contribution in [0.15, 0.2) is 59.0 Å². The van der Waals surface area contributed by atoms with Crippen LogP contribution in [0, 0.1) is 6.92 Å². The Labute approximate surface area is 128 Å². The molecule has 1 N–H and O–H groups in total. The highest BCUT2D eigenvalue weighted by molar-refractivity contribution is 6.03. The van der Waals surface area contributed by atoms with Crippen LogP contribution in [0.4, 0.5) is 6.01 Å². The molecule has 5 nitrogen and oxygen atoms in total. The van der Waals surface area contributed by atoms with Crippen molar-refractivity contribution in [1.82, 2.24) is 10.2 Å². The van der Waals surface area contributed by atoms with Crippen LogP contribution in [0.3, 0.4) is 0 Å². The molecule has 2 aromatic carbocycles. The van der Waals surface area contributed by atoms with E-state index in [1.165, 1.54) is 0 Å².